The molecule has 4 heteroatoms. The average molecular weight is 208 g/mol. The van der Waals surface area contributed by atoms with Crippen LogP contribution in [-0.4, -0.2) is 22.8 Å². The van der Waals surface area contributed by atoms with Crippen molar-refractivity contribution in [3.63, 3.8) is 0 Å². The minimum Gasteiger partial charge on any atom is -0.472 e. The number of rotatable bonds is 1. The van der Waals surface area contributed by atoms with Gasteiger partial charge in [0.25, 0.3) is 0 Å². The lowest BCUT2D eigenvalue weighted by Gasteiger charge is -2.36. The molecule has 4 nitrogen and oxygen atoms in total. The number of aliphatic hydroxyl groups is 1. The highest BCUT2D eigenvalue weighted by molar-refractivity contribution is 5.82. The molecule has 2 atom stereocenters. The van der Waals surface area contributed by atoms with Crippen LogP contribution in [0.2, 0.25) is 0 Å². The van der Waals surface area contributed by atoms with Crippen LogP contribution in [0.25, 0.3) is 0 Å². The second-order valence-corrected chi connectivity index (χ2v) is 3.71. The van der Waals surface area contributed by atoms with Crippen LogP contribution in [0.15, 0.2) is 24.3 Å². The Labute approximate surface area is 87.4 Å². The first kappa shape index (κ1) is 9.98. The van der Waals surface area contributed by atoms with Crippen molar-refractivity contribution in [2.75, 3.05) is 0 Å². The molecule has 2 rings (SSSR count). The molecule has 1 aromatic rings. The summed E-state index contributed by atoms with van der Waals surface area (Å²) in [5.41, 5.74) is 0. The Bertz CT molecular complexity index is 397. The largest absolute Gasteiger partial charge is 0.472 e. The molecule has 0 saturated carbocycles. The van der Waals surface area contributed by atoms with Gasteiger partial charge in [-0.1, -0.05) is 12.1 Å². The molecule has 0 unspecified atom stereocenters. The van der Waals surface area contributed by atoms with Gasteiger partial charge < -0.3 is 14.6 Å². The number of fused-ring (bicyclic) bond motifs is 1. The molecule has 0 saturated heterocycles. The molecule has 0 fully saturated rings. The topological polar surface area (TPSA) is 55.8 Å². The number of para-hydroxylation sites is 2. The Morgan fingerprint density at radius 2 is 2.00 bits per heavy atom. The molecule has 0 radical (unpaired) electrons. The van der Waals surface area contributed by atoms with E-state index in [1.165, 1.54) is 13.8 Å². The van der Waals surface area contributed by atoms with E-state index in [0.717, 1.165) is 0 Å². The minimum atomic E-state index is -1.61. The van der Waals surface area contributed by atoms with Crippen molar-refractivity contribution in [3.8, 4) is 11.5 Å². The Morgan fingerprint density at radius 3 is 2.60 bits per heavy atom. The van der Waals surface area contributed by atoms with Gasteiger partial charge in [0.15, 0.2) is 17.3 Å². The van der Waals surface area contributed by atoms with Crippen molar-refractivity contribution in [2.45, 2.75) is 25.7 Å². The predicted octanol–water partition coefficient (Wildman–Crippen LogP) is 1.12. The summed E-state index contributed by atoms with van der Waals surface area (Å²) in [5, 5.41) is 9.88. The van der Waals surface area contributed by atoms with Gasteiger partial charge in [0.2, 0.25) is 11.9 Å². The third kappa shape index (κ3) is 1.68. The molecular weight excluding hydrogens is 196 g/mol. The fraction of sp³-hybridized carbons (Fsp3) is 0.364. The van der Waals surface area contributed by atoms with E-state index in [0.29, 0.717) is 11.5 Å². The highest BCUT2D eigenvalue weighted by Gasteiger charge is 2.43. The van der Waals surface area contributed by atoms with Crippen LogP contribution in [0, 0.1) is 0 Å². The zero-order valence-corrected chi connectivity index (χ0v) is 8.56. The fourth-order valence-electron chi connectivity index (χ4n) is 1.60. The molecule has 1 N–H and O–H groups in total. The molecule has 1 aliphatic heterocycles. The first-order valence-electron chi connectivity index (χ1n) is 4.68. The van der Waals surface area contributed by atoms with E-state index in [9.17, 15) is 9.90 Å². The van der Waals surface area contributed by atoms with E-state index in [4.69, 9.17) is 9.47 Å². The lowest BCUT2D eigenvalue weighted by molar-refractivity contribution is -0.199. The summed E-state index contributed by atoms with van der Waals surface area (Å²) in [6, 6.07) is 6.92. The molecule has 0 aromatic heterocycles. The van der Waals surface area contributed by atoms with Gasteiger partial charge in [-0.3, -0.25) is 4.79 Å². The first-order chi connectivity index (χ1) is 7.00. The van der Waals surface area contributed by atoms with Gasteiger partial charge >= 0.3 is 0 Å². The van der Waals surface area contributed by atoms with E-state index in [-0.39, 0.29) is 5.78 Å². The van der Waals surface area contributed by atoms with Gasteiger partial charge in [0.05, 0.1) is 0 Å². The van der Waals surface area contributed by atoms with E-state index in [1.807, 2.05) is 0 Å². The minimum absolute atomic E-state index is 0.269. The van der Waals surface area contributed by atoms with Crippen molar-refractivity contribution in [3.05, 3.63) is 24.3 Å². The Morgan fingerprint density at radius 1 is 1.40 bits per heavy atom. The Kier molecular flexibility index (Phi) is 2.16. The van der Waals surface area contributed by atoms with Gasteiger partial charge in [-0.15, -0.1) is 0 Å². The molecule has 80 valence electrons. The maximum absolute atomic E-state index is 11.3. The van der Waals surface area contributed by atoms with Gasteiger partial charge in [-0.05, 0) is 19.1 Å². The molecule has 15 heavy (non-hydrogen) atoms. The predicted molar refractivity (Wildman–Crippen MR) is 52.8 cm³/mol. The van der Waals surface area contributed by atoms with Crippen LogP contribution in [0.3, 0.4) is 0 Å². The van der Waals surface area contributed by atoms with Crippen LogP contribution in [0.5, 0.6) is 11.5 Å². The van der Waals surface area contributed by atoms with Crippen LogP contribution >= 0.6 is 0 Å². The Balaban J connectivity index is 2.40. The lowest BCUT2D eigenvalue weighted by atomic mass is 10.1. The summed E-state index contributed by atoms with van der Waals surface area (Å²) in [6.45, 7) is 2.77. The van der Waals surface area contributed by atoms with Crippen molar-refractivity contribution in [2.24, 2.45) is 0 Å². The monoisotopic (exact) mass is 208 g/mol. The van der Waals surface area contributed by atoms with Crippen molar-refractivity contribution in [1.82, 2.24) is 0 Å². The van der Waals surface area contributed by atoms with E-state index in [1.54, 1.807) is 24.3 Å². The van der Waals surface area contributed by atoms with Crippen LogP contribution < -0.4 is 9.47 Å². The van der Waals surface area contributed by atoms with E-state index >= 15 is 0 Å². The number of Topliss-reactive ketones (excluding diaryl/α,β-unsaturated/α-hetero) is 1. The number of hydrogen-bond donors (Lipinski definition) is 1. The van der Waals surface area contributed by atoms with E-state index < -0.39 is 11.9 Å². The summed E-state index contributed by atoms with van der Waals surface area (Å²) in [4.78, 5) is 11.3. The number of carbonyl (C=O) groups excluding carboxylic acids is 1. The van der Waals surface area contributed by atoms with Gasteiger partial charge in [0.1, 0.15) is 0 Å². The standard InChI is InChI=1S/C11H12O4/c1-7(12)10-11(2,13)15-9-6-4-3-5-8(9)14-10/h3-6,10,13H,1-2H3/t10-,11-/m1/s1. The molecule has 1 heterocycles. The second-order valence-electron chi connectivity index (χ2n) is 3.71. The summed E-state index contributed by atoms with van der Waals surface area (Å²) < 4.78 is 10.7. The second kappa shape index (κ2) is 3.24. The molecule has 0 spiro atoms. The van der Waals surface area contributed by atoms with Crippen molar-refractivity contribution < 1.29 is 19.4 Å². The number of ether oxygens (including phenoxy) is 2. The highest BCUT2D eigenvalue weighted by Crippen LogP contribution is 2.36. The normalized spacial score (nSPS) is 28.6. The summed E-state index contributed by atoms with van der Waals surface area (Å²) in [7, 11) is 0. The number of benzene rings is 1. The maximum atomic E-state index is 11.3. The number of carbonyl (C=O) groups is 1. The average Bonchev–Trinajstić information content (AvgIpc) is 2.14. The molecule has 1 aromatic carbocycles. The smallest absolute Gasteiger partial charge is 0.250 e. The molecule has 1 aliphatic rings. The fourth-order valence-corrected chi connectivity index (χ4v) is 1.60. The summed E-state index contributed by atoms with van der Waals surface area (Å²) in [5.74, 6) is -0.959. The van der Waals surface area contributed by atoms with E-state index in [2.05, 4.69) is 0 Å². The maximum Gasteiger partial charge on any atom is 0.250 e. The molecule has 0 aliphatic carbocycles. The van der Waals surface area contributed by atoms with Gasteiger partial charge in [-0.25, -0.2) is 0 Å². The van der Waals surface area contributed by atoms with Gasteiger partial charge in [0, 0.05) is 6.92 Å². The molecular formula is C11H12O4. The van der Waals surface area contributed by atoms with Gasteiger partial charge in [-0.2, -0.15) is 0 Å². The molecule has 0 bridgehead atoms. The highest BCUT2D eigenvalue weighted by atomic mass is 16.7. The Hall–Kier alpha value is -1.55. The van der Waals surface area contributed by atoms with Crippen LogP contribution in [0.1, 0.15) is 13.8 Å². The summed E-state index contributed by atoms with van der Waals surface area (Å²) in [6.07, 6.45) is -0.979. The number of ketones is 1. The van der Waals surface area contributed by atoms with Crippen LogP contribution in [0.4, 0.5) is 0 Å². The third-order valence-corrected chi connectivity index (χ3v) is 2.27. The van der Waals surface area contributed by atoms with Crippen molar-refractivity contribution in [1.29, 1.82) is 0 Å². The number of hydrogen-bond acceptors (Lipinski definition) is 4. The molecule has 0 amide bonds. The first-order valence-corrected chi connectivity index (χ1v) is 4.68. The third-order valence-electron chi connectivity index (χ3n) is 2.27. The quantitative estimate of drug-likeness (QED) is 0.751. The SMILES string of the molecule is CC(=O)[C@H]1Oc2ccccc2O[C@@]1(C)O. The zero-order chi connectivity index (χ0) is 11.1. The zero-order valence-electron chi connectivity index (χ0n) is 8.56. The van der Waals surface area contributed by atoms with Crippen LogP contribution in [-0.2, 0) is 4.79 Å². The van der Waals surface area contributed by atoms with Crippen molar-refractivity contribution >= 4 is 5.78 Å². The summed E-state index contributed by atoms with van der Waals surface area (Å²) >= 11 is 0. The lowest BCUT2D eigenvalue weighted by Crippen LogP contribution is -2.54.